The number of carbonyl (C=O) groups excluding carboxylic acids is 1. The molecule has 2 aromatic rings. The summed E-state index contributed by atoms with van der Waals surface area (Å²) in [6.45, 7) is 6.51. The van der Waals surface area contributed by atoms with Crippen LogP contribution in [0, 0.1) is 0 Å². The molecule has 1 atom stereocenters. The molecule has 6 nitrogen and oxygen atoms in total. The Labute approximate surface area is 148 Å². The molecule has 0 unspecified atom stereocenters. The zero-order valence-corrected chi connectivity index (χ0v) is 14.9. The maximum atomic E-state index is 11.9. The second kappa shape index (κ2) is 9.86. The zero-order valence-electron chi connectivity index (χ0n) is 14.9. The highest BCUT2D eigenvalue weighted by molar-refractivity contribution is 5.92. The molecule has 1 aromatic carbocycles. The van der Waals surface area contributed by atoms with Gasteiger partial charge in [-0.1, -0.05) is 38.1 Å². The topological polar surface area (TPSA) is 78.4 Å². The number of β-amino-alcohol motifs (C(OH)–C–C–N with tert-alkyl or cyclic N) is 1. The minimum absolute atomic E-state index is 0.209. The van der Waals surface area contributed by atoms with Gasteiger partial charge in [-0.2, -0.15) is 0 Å². The Balaban J connectivity index is 0.00000109. The van der Waals surface area contributed by atoms with Crippen LogP contribution in [-0.4, -0.2) is 51.6 Å². The SMILES string of the molecule is CC.O=C(NC[C@@H](O)CN1CCc2ccccc2C1)c1ccncn1. The van der Waals surface area contributed by atoms with Crippen molar-refractivity contribution >= 4 is 5.91 Å². The highest BCUT2D eigenvalue weighted by Gasteiger charge is 2.19. The molecule has 0 saturated heterocycles. The zero-order chi connectivity index (χ0) is 18.1. The number of aliphatic hydroxyl groups is 1. The first-order valence-electron chi connectivity index (χ1n) is 8.74. The summed E-state index contributed by atoms with van der Waals surface area (Å²) in [4.78, 5) is 21.7. The third-order valence-corrected chi connectivity index (χ3v) is 3.99. The number of nitrogens with one attached hydrogen (secondary N) is 1. The number of benzene rings is 1. The van der Waals surface area contributed by atoms with E-state index in [1.54, 1.807) is 6.07 Å². The molecule has 3 rings (SSSR count). The van der Waals surface area contributed by atoms with Crippen LogP contribution in [-0.2, 0) is 13.0 Å². The van der Waals surface area contributed by atoms with E-state index in [9.17, 15) is 9.90 Å². The first kappa shape index (κ1) is 19.0. The Morgan fingerprint density at radius 1 is 1.28 bits per heavy atom. The fourth-order valence-electron chi connectivity index (χ4n) is 2.80. The number of rotatable bonds is 5. The maximum Gasteiger partial charge on any atom is 0.270 e. The number of aromatic nitrogens is 2. The number of carbonyl (C=O) groups is 1. The van der Waals surface area contributed by atoms with Gasteiger partial charge in [0.15, 0.2) is 0 Å². The number of fused-ring (bicyclic) bond motifs is 1. The molecule has 2 N–H and O–H groups in total. The lowest BCUT2D eigenvalue weighted by Gasteiger charge is -2.30. The molecule has 1 amide bonds. The Morgan fingerprint density at radius 2 is 2.04 bits per heavy atom. The van der Waals surface area contributed by atoms with Gasteiger partial charge >= 0.3 is 0 Å². The summed E-state index contributed by atoms with van der Waals surface area (Å²) in [6.07, 6.45) is 3.24. The summed E-state index contributed by atoms with van der Waals surface area (Å²) in [5.74, 6) is -0.296. The molecule has 0 radical (unpaired) electrons. The van der Waals surface area contributed by atoms with Crippen molar-refractivity contribution in [1.29, 1.82) is 0 Å². The lowest BCUT2D eigenvalue weighted by atomic mass is 10.00. The van der Waals surface area contributed by atoms with E-state index in [2.05, 4.69) is 38.4 Å². The molecule has 25 heavy (non-hydrogen) atoms. The van der Waals surface area contributed by atoms with E-state index in [4.69, 9.17) is 0 Å². The van der Waals surface area contributed by atoms with Crippen molar-refractivity contribution in [3.05, 3.63) is 59.7 Å². The van der Waals surface area contributed by atoms with Gasteiger partial charge in [-0.05, 0) is 23.6 Å². The van der Waals surface area contributed by atoms with E-state index in [0.29, 0.717) is 12.2 Å². The minimum atomic E-state index is -0.606. The Hall–Kier alpha value is -2.31. The Kier molecular flexibility index (Phi) is 7.50. The summed E-state index contributed by atoms with van der Waals surface area (Å²) in [5.41, 5.74) is 3.00. The van der Waals surface area contributed by atoms with E-state index in [0.717, 1.165) is 19.5 Å². The molecular formula is C19H26N4O2. The number of amides is 1. The van der Waals surface area contributed by atoms with Gasteiger partial charge in [-0.3, -0.25) is 9.69 Å². The fourth-order valence-corrected chi connectivity index (χ4v) is 2.80. The molecule has 0 saturated carbocycles. The highest BCUT2D eigenvalue weighted by atomic mass is 16.3. The van der Waals surface area contributed by atoms with Gasteiger partial charge in [-0.15, -0.1) is 0 Å². The van der Waals surface area contributed by atoms with Crippen LogP contribution in [0.4, 0.5) is 0 Å². The summed E-state index contributed by atoms with van der Waals surface area (Å²) in [7, 11) is 0. The average Bonchev–Trinajstić information content (AvgIpc) is 2.68. The maximum absolute atomic E-state index is 11.9. The first-order chi connectivity index (χ1) is 12.2. The lowest BCUT2D eigenvalue weighted by molar-refractivity contribution is 0.0838. The van der Waals surface area contributed by atoms with Crippen molar-refractivity contribution in [3.8, 4) is 0 Å². The Bertz CT molecular complexity index is 663. The monoisotopic (exact) mass is 342 g/mol. The van der Waals surface area contributed by atoms with Crippen LogP contribution in [0.5, 0.6) is 0 Å². The summed E-state index contributed by atoms with van der Waals surface area (Å²) >= 11 is 0. The molecule has 1 aliphatic heterocycles. The van der Waals surface area contributed by atoms with E-state index in [1.165, 1.54) is 23.7 Å². The largest absolute Gasteiger partial charge is 0.390 e. The van der Waals surface area contributed by atoms with Crippen LogP contribution in [0.3, 0.4) is 0 Å². The lowest BCUT2D eigenvalue weighted by Crippen LogP contribution is -2.42. The van der Waals surface area contributed by atoms with Crippen molar-refractivity contribution < 1.29 is 9.90 Å². The number of hydrogen-bond acceptors (Lipinski definition) is 5. The van der Waals surface area contributed by atoms with Crippen LogP contribution in [0.25, 0.3) is 0 Å². The van der Waals surface area contributed by atoms with Crippen molar-refractivity contribution in [1.82, 2.24) is 20.2 Å². The van der Waals surface area contributed by atoms with E-state index < -0.39 is 6.10 Å². The smallest absolute Gasteiger partial charge is 0.270 e. The molecule has 0 fully saturated rings. The molecule has 134 valence electrons. The van der Waals surface area contributed by atoms with Crippen molar-refractivity contribution in [2.24, 2.45) is 0 Å². The van der Waals surface area contributed by atoms with Crippen LogP contribution >= 0.6 is 0 Å². The van der Waals surface area contributed by atoms with Crippen molar-refractivity contribution in [3.63, 3.8) is 0 Å². The van der Waals surface area contributed by atoms with Crippen LogP contribution in [0.1, 0.15) is 35.5 Å². The number of hydrogen-bond donors (Lipinski definition) is 2. The highest BCUT2D eigenvalue weighted by Crippen LogP contribution is 2.18. The second-order valence-electron chi connectivity index (χ2n) is 5.71. The molecule has 1 aliphatic rings. The molecular weight excluding hydrogens is 316 g/mol. The Morgan fingerprint density at radius 3 is 2.76 bits per heavy atom. The van der Waals surface area contributed by atoms with Gasteiger partial charge in [-0.25, -0.2) is 9.97 Å². The van der Waals surface area contributed by atoms with Gasteiger partial charge in [0, 0.05) is 32.4 Å². The van der Waals surface area contributed by atoms with Crippen molar-refractivity contribution in [2.75, 3.05) is 19.6 Å². The summed E-state index contributed by atoms with van der Waals surface area (Å²) < 4.78 is 0. The molecule has 0 spiro atoms. The minimum Gasteiger partial charge on any atom is -0.390 e. The first-order valence-corrected chi connectivity index (χ1v) is 8.74. The van der Waals surface area contributed by atoms with Crippen LogP contribution in [0.15, 0.2) is 42.9 Å². The number of nitrogens with zero attached hydrogens (tertiary/aromatic N) is 3. The van der Waals surface area contributed by atoms with Gasteiger partial charge < -0.3 is 10.4 Å². The number of aliphatic hydroxyl groups excluding tert-OH is 1. The van der Waals surface area contributed by atoms with E-state index in [-0.39, 0.29) is 12.5 Å². The standard InChI is InChI=1S/C17H20N4O2.C2H6/c22-15(9-19-17(23)16-5-7-18-12-20-16)11-21-8-6-13-3-1-2-4-14(13)10-21;1-2/h1-5,7,12,15,22H,6,8-11H2,(H,19,23);1-2H3/t15-;/m1./s1. The summed E-state index contributed by atoms with van der Waals surface area (Å²) in [6, 6.07) is 9.94. The molecule has 1 aromatic heterocycles. The van der Waals surface area contributed by atoms with Gasteiger partial charge in [0.05, 0.1) is 6.10 Å². The van der Waals surface area contributed by atoms with Crippen LogP contribution < -0.4 is 5.32 Å². The van der Waals surface area contributed by atoms with Gasteiger partial charge in [0.1, 0.15) is 12.0 Å². The third-order valence-electron chi connectivity index (χ3n) is 3.99. The molecule has 0 aliphatic carbocycles. The predicted octanol–water partition coefficient (Wildman–Crippen LogP) is 1.65. The van der Waals surface area contributed by atoms with Gasteiger partial charge in [0.2, 0.25) is 0 Å². The predicted molar refractivity (Wildman–Crippen MR) is 97.1 cm³/mol. The fraction of sp³-hybridized carbons (Fsp3) is 0.421. The van der Waals surface area contributed by atoms with Crippen molar-refractivity contribution in [2.45, 2.75) is 32.9 Å². The van der Waals surface area contributed by atoms with Crippen LogP contribution in [0.2, 0.25) is 0 Å². The van der Waals surface area contributed by atoms with Gasteiger partial charge in [0.25, 0.3) is 5.91 Å². The summed E-state index contributed by atoms with van der Waals surface area (Å²) in [5, 5.41) is 12.9. The van der Waals surface area contributed by atoms with E-state index >= 15 is 0 Å². The average molecular weight is 342 g/mol. The second-order valence-corrected chi connectivity index (χ2v) is 5.71. The third kappa shape index (κ3) is 5.62. The molecule has 0 bridgehead atoms. The van der Waals surface area contributed by atoms with E-state index in [1.807, 2.05) is 19.9 Å². The normalized spacial score (nSPS) is 14.7. The molecule has 2 heterocycles. The molecule has 6 heteroatoms. The quantitative estimate of drug-likeness (QED) is 0.864.